The maximum absolute atomic E-state index is 12.4. The predicted octanol–water partition coefficient (Wildman–Crippen LogP) is 2.85. The van der Waals surface area contributed by atoms with Gasteiger partial charge < -0.3 is 19.1 Å². The Hall–Kier alpha value is -3.08. The Morgan fingerprint density at radius 1 is 1.07 bits per heavy atom. The molecule has 5 heteroatoms. The summed E-state index contributed by atoms with van der Waals surface area (Å²) in [6.45, 7) is 1.77. The molecule has 0 bridgehead atoms. The van der Waals surface area contributed by atoms with Crippen molar-refractivity contribution < 1.29 is 19.1 Å². The van der Waals surface area contributed by atoms with Gasteiger partial charge in [0.2, 0.25) is 0 Å². The molecule has 0 spiro atoms. The molecule has 2 aromatic carbocycles. The minimum atomic E-state index is -1.33. The first-order valence-corrected chi connectivity index (χ1v) is 9.07. The van der Waals surface area contributed by atoms with Crippen LogP contribution in [-0.2, 0) is 17.6 Å². The lowest BCUT2D eigenvalue weighted by Gasteiger charge is -2.22. The molecular weight excluding hydrogens is 344 g/mol. The van der Waals surface area contributed by atoms with Crippen molar-refractivity contribution >= 4 is 16.9 Å². The van der Waals surface area contributed by atoms with Gasteiger partial charge in [-0.05, 0) is 55.9 Å². The number of rotatable bonds is 4. The zero-order valence-electron chi connectivity index (χ0n) is 15.0. The first-order valence-electron chi connectivity index (χ1n) is 9.07. The van der Waals surface area contributed by atoms with E-state index in [9.17, 15) is 14.7 Å². The Morgan fingerprint density at radius 3 is 2.48 bits per heavy atom. The average Bonchev–Trinajstić information content (AvgIpc) is 2.69. The number of benzene rings is 2. The molecule has 4 rings (SSSR count). The molecule has 1 aromatic heterocycles. The second kappa shape index (κ2) is 6.91. The van der Waals surface area contributed by atoms with Crippen molar-refractivity contribution in [2.75, 3.05) is 0 Å². The number of hydrogen-bond acceptors (Lipinski definition) is 5. The Labute approximate surface area is 156 Å². The minimum absolute atomic E-state index is 0.308. The fraction of sp³-hybridized carbons (Fsp3) is 0.273. The SMILES string of the molecule is Cc1c(O[C@@H](C(=O)[O-])c2ccccc2)ccc2c3c(c(=O)oc12)CCCC3. The molecule has 1 aliphatic carbocycles. The van der Waals surface area contributed by atoms with Crippen molar-refractivity contribution in [3.05, 3.63) is 75.1 Å². The summed E-state index contributed by atoms with van der Waals surface area (Å²) in [7, 11) is 0. The maximum atomic E-state index is 12.4. The van der Waals surface area contributed by atoms with Gasteiger partial charge in [0.05, 0.1) is 5.97 Å². The van der Waals surface area contributed by atoms with Crippen LogP contribution in [0.2, 0.25) is 0 Å². The number of fused-ring (bicyclic) bond motifs is 3. The van der Waals surface area contributed by atoms with Gasteiger partial charge in [-0.2, -0.15) is 0 Å². The van der Waals surface area contributed by atoms with E-state index < -0.39 is 12.1 Å². The van der Waals surface area contributed by atoms with E-state index in [0.717, 1.165) is 42.2 Å². The maximum Gasteiger partial charge on any atom is 0.339 e. The zero-order valence-corrected chi connectivity index (χ0v) is 15.0. The standard InChI is InChI=1S/C22H20O5/c1-13-18(26-20(21(23)24)14-7-3-2-4-8-14)12-11-16-15-9-5-6-10-17(15)22(25)27-19(13)16/h2-4,7-8,11-12,20H,5-6,9-10H2,1H3,(H,23,24)/p-1/t20-/m1/s1. The Balaban J connectivity index is 1.80. The van der Waals surface area contributed by atoms with Gasteiger partial charge >= 0.3 is 5.63 Å². The number of carbonyl (C=O) groups excluding carboxylic acids is 1. The van der Waals surface area contributed by atoms with Gasteiger partial charge in [0, 0.05) is 16.5 Å². The third kappa shape index (κ3) is 3.10. The zero-order chi connectivity index (χ0) is 19.0. The number of carbonyl (C=O) groups is 1. The van der Waals surface area contributed by atoms with E-state index in [1.54, 1.807) is 43.3 Å². The molecular formula is C22H19O5-. The average molecular weight is 363 g/mol. The second-order valence-corrected chi connectivity index (χ2v) is 6.85. The normalized spacial score (nSPS) is 14.6. The fourth-order valence-corrected chi connectivity index (χ4v) is 3.76. The van der Waals surface area contributed by atoms with Crippen molar-refractivity contribution in [3.8, 4) is 5.75 Å². The molecule has 1 atom stereocenters. The van der Waals surface area contributed by atoms with Gasteiger partial charge in [-0.1, -0.05) is 30.3 Å². The first-order chi connectivity index (χ1) is 13.1. The van der Waals surface area contributed by atoms with Crippen LogP contribution in [0.3, 0.4) is 0 Å². The van der Waals surface area contributed by atoms with Gasteiger partial charge in [-0.25, -0.2) is 4.79 Å². The molecule has 138 valence electrons. The summed E-state index contributed by atoms with van der Waals surface area (Å²) in [4.78, 5) is 24.0. The van der Waals surface area contributed by atoms with E-state index in [2.05, 4.69) is 0 Å². The summed E-state index contributed by atoms with van der Waals surface area (Å²) in [6, 6.07) is 12.2. The predicted molar refractivity (Wildman–Crippen MR) is 98.7 cm³/mol. The highest BCUT2D eigenvalue weighted by atomic mass is 16.5. The van der Waals surface area contributed by atoms with E-state index in [1.807, 2.05) is 6.07 Å². The van der Waals surface area contributed by atoms with E-state index >= 15 is 0 Å². The monoisotopic (exact) mass is 363 g/mol. The van der Waals surface area contributed by atoms with Gasteiger partial charge in [-0.3, -0.25) is 0 Å². The van der Waals surface area contributed by atoms with E-state index in [0.29, 0.717) is 22.5 Å². The second-order valence-electron chi connectivity index (χ2n) is 6.85. The van der Waals surface area contributed by atoms with Crippen molar-refractivity contribution in [2.45, 2.75) is 38.7 Å². The molecule has 0 saturated heterocycles. The Morgan fingerprint density at radius 2 is 1.78 bits per heavy atom. The lowest BCUT2D eigenvalue weighted by atomic mass is 9.90. The van der Waals surface area contributed by atoms with Crippen molar-refractivity contribution in [1.29, 1.82) is 0 Å². The number of hydrogen-bond donors (Lipinski definition) is 0. The van der Waals surface area contributed by atoms with Gasteiger partial charge in [0.15, 0.2) is 6.10 Å². The summed E-state index contributed by atoms with van der Waals surface area (Å²) in [5, 5.41) is 12.5. The van der Waals surface area contributed by atoms with E-state index in [-0.39, 0.29) is 5.63 Å². The van der Waals surface area contributed by atoms with E-state index in [1.165, 1.54) is 0 Å². The third-order valence-corrected chi connectivity index (χ3v) is 5.15. The molecule has 5 nitrogen and oxygen atoms in total. The third-order valence-electron chi connectivity index (χ3n) is 5.15. The molecule has 0 aliphatic heterocycles. The summed E-state index contributed by atoms with van der Waals surface area (Å²) < 4.78 is 11.3. The number of carboxylic acid groups (broad SMARTS) is 1. The quantitative estimate of drug-likeness (QED) is 0.666. The molecule has 3 aromatic rings. The highest BCUT2D eigenvalue weighted by molar-refractivity contribution is 5.86. The van der Waals surface area contributed by atoms with Crippen molar-refractivity contribution in [3.63, 3.8) is 0 Å². The Bertz CT molecular complexity index is 1070. The van der Waals surface area contributed by atoms with Gasteiger partial charge in [-0.15, -0.1) is 0 Å². The molecule has 0 amide bonds. The summed E-state index contributed by atoms with van der Waals surface area (Å²) in [5.74, 6) is -0.966. The fourth-order valence-electron chi connectivity index (χ4n) is 3.76. The van der Waals surface area contributed by atoms with Gasteiger partial charge in [0.25, 0.3) is 0 Å². The molecule has 0 radical (unpaired) electrons. The van der Waals surface area contributed by atoms with Crippen LogP contribution in [0.4, 0.5) is 0 Å². The number of ether oxygens (including phenoxy) is 1. The molecule has 0 saturated carbocycles. The summed E-state index contributed by atoms with van der Waals surface area (Å²) in [6.07, 6.45) is 2.39. The number of aliphatic carboxylic acids is 1. The topological polar surface area (TPSA) is 79.6 Å². The largest absolute Gasteiger partial charge is 0.546 e. The van der Waals surface area contributed by atoms with Crippen LogP contribution in [0, 0.1) is 6.92 Å². The highest BCUT2D eigenvalue weighted by Gasteiger charge is 2.22. The van der Waals surface area contributed by atoms with E-state index in [4.69, 9.17) is 9.15 Å². The highest BCUT2D eigenvalue weighted by Crippen LogP contribution is 2.34. The van der Waals surface area contributed by atoms with Gasteiger partial charge in [0.1, 0.15) is 11.3 Å². The first kappa shape index (κ1) is 17.3. The summed E-state index contributed by atoms with van der Waals surface area (Å²) in [5.41, 5.74) is 3.06. The lowest BCUT2D eigenvalue weighted by molar-refractivity contribution is -0.314. The lowest BCUT2D eigenvalue weighted by Crippen LogP contribution is -2.33. The van der Waals surface area contributed by atoms with Crippen LogP contribution in [0.25, 0.3) is 11.0 Å². The van der Waals surface area contributed by atoms with Crippen LogP contribution in [0.15, 0.2) is 51.7 Å². The van der Waals surface area contributed by atoms with Crippen molar-refractivity contribution in [2.24, 2.45) is 0 Å². The molecule has 1 heterocycles. The van der Waals surface area contributed by atoms with Crippen LogP contribution in [-0.4, -0.2) is 5.97 Å². The van der Waals surface area contributed by atoms with Crippen LogP contribution >= 0.6 is 0 Å². The molecule has 0 N–H and O–H groups in total. The van der Waals surface area contributed by atoms with Crippen LogP contribution < -0.4 is 15.5 Å². The smallest absolute Gasteiger partial charge is 0.339 e. The minimum Gasteiger partial charge on any atom is -0.546 e. The molecule has 1 aliphatic rings. The molecule has 0 fully saturated rings. The summed E-state index contributed by atoms with van der Waals surface area (Å²) >= 11 is 0. The Kier molecular flexibility index (Phi) is 4.44. The van der Waals surface area contributed by atoms with Crippen LogP contribution in [0.1, 0.15) is 41.2 Å². The number of aryl methyl sites for hydroxylation is 2. The number of carboxylic acids is 1. The van der Waals surface area contributed by atoms with Crippen molar-refractivity contribution in [1.82, 2.24) is 0 Å². The van der Waals surface area contributed by atoms with Crippen LogP contribution in [0.5, 0.6) is 5.75 Å². The molecule has 0 unspecified atom stereocenters. The molecule has 27 heavy (non-hydrogen) atoms.